The van der Waals surface area contributed by atoms with Crippen LogP contribution < -0.4 is 16.0 Å². The average molecular weight is 544 g/mol. The van der Waals surface area contributed by atoms with Gasteiger partial charge in [0.25, 0.3) is 0 Å². The van der Waals surface area contributed by atoms with E-state index in [-0.39, 0.29) is 18.2 Å². The fraction of sp³-hybridized carbons (Fsp3) is 0.267. The molecule has 0 aliphatic heterocycles. The molecule has 40 heavy (non-hydrogen) atoms. The number of hydrogen-bond donors (Lipinski definition) is 3. The van der Waals surface area contributed by atoms with Gasteiger partial charge >= 0.3 is 5.97 Å². The molecule has 2 amide bonds. The molecule has 4 rings (SSSR count). The molecule has 0 spiro atoms. The van der Waals surface area contributed by atoms with Crippen molar-refractivity contribution in [1.82, 2.24) is 9.55 Å². The fourth-order valence-corrected chi connectivity index (χ4v) is 4.48. The van der Waals surface area contributed by atoms with Crippen molar-refractivity contribution < 1.29 is 23.9 Å². The van der Waals surface area contributed by atoms with E-state index in [0.717, 1.165) is 24.1 Å². The summed E-state index contributed by atoms with van der Waals surface area (Å²) in [6, 6.07) is 19.5. The first-order chi connectivity index (χ1) is 19.4. The van der Waals surface area contributed by atoms with Crippen LogP contribution >= 0.6 is 0 Å². The van der Waals surface area contributed by atoms with Crippen molar-refractivity contribution in [1.29, 1.82) is 0 Å². The number of hydrogen-bond acceptors (Lipinski definition) is 7. The van der Waals surface area contributed by atoms with E-state index in [0.29, 0.717) is 35.5 Å². The Morgan fingerprint density at radius 3 is 2.35 bits per heavy atom. The molecule has 3 N–H and O–H groups in total. The van der Waals surface area contributed by atoms with Gasteiger partial charge in [-0.1, -0.05) is 42.5 Å². The van der Waals surface area contributed by atoms with Crippen LogP contribution in [0.25, 0.3) is 11.0 Å². The van der Waals surface area contributed by atoms with E-state index in [1.54, 1.807) is 10.8 Å². The van der Waals surface area contributed by atoms with Gasteiger partial charge in [-0.25, -0.2) is 9.78 Å². The third-order valence-electron chi connectivity index (χ3n) is 6.28. The Labute approximate surface area is 232 Å². The number of amides is 2. The summed E-state index contributed by atoms with van der Waals surface area (Å²) in [5.41, 5.74) is 4.74. The molecular formula is C30H33N5O5. The summed E-state index contributed by atoms with van der Waals surface area (Å²) in [6.07, 6.45) is 3.26. The number of aryl methyl sites for hydroxylation is 2. The first kappa shape index (κ1) is 28.3. The molecule has 2 aromatic heterocycles. The molecule has 10 heteroatoms. The van der Waals surface area contributed by atoms with E-state index in [9.17, 15) is 14.4 Å². The maximum atomic E-state index is 13.0. The van der Waals surface area contributed by atoms with E-state index in [1.807, 2.05) is 48.5 Å². The van der Waals surface area contributed by atoms with Gasteiger partial charge in [0.15, 0.2) is 5.69 Å². The Morgan fingerprint density at radius 2 is 1.68 bits per heavy atom. The molecular weight excluding hydrogens is 510 g/mol. The molecule has 0 saturated carbocycles. The van der Waals surface area contributed by atoms with Gasteiger partial charge in [0.05, 0.1) is 24.7 Å². The zero-order valence-corrected chi connectivity index (χ0v) is 22.8. The smallest absolute Gasteiger partial charge is 0.356 e. The van der Waals surface area contributed by atoms with Gasteiger partial charge < -0.3 is 30.0 Å². The van der Waals surface area contributed by atoms with Gasteiger partial charge in [-0.3, -0.25) is 9.59 Å². The lowest BCUT2D eigenvalue weighted by atomic mass is 10.1. The summed E-state index contributed by atoms with van der Waals surface area (Å²) in [5.74, 6) is -1.09. The molecule has 0 radical (unpaired) electrons. The van der Waals surface area contributed by atoms with E-state index in [4.69, 9.17) is 9.47 Å². The molecule has 0 saturated heterocycles. The van der Waals surface area contributed by atoms with Crippen LogP contribution in [0.4, 0.5) is 17.1 Å². The van der Waals surface area contributed by atoms with Gasteiger partial charge in [-0.2, -0.15) is 0 Å². The first-order valence-corrected chi connectivity index (χ1v) is 12.9. The first-order valence-electron chi connectivity index (χ1n) is 12.9. The number of esters is 1. The van der Waals surface area contributed by atoms with E-state index >= 15 is 0 Å². The Balaban J connectivity index is 1.64. The molecule has 2 aromatic carbocycles. The molecule has 4 aromatic rings. The average Bonchev–Trinajstić information content (AvgIpc) is 3.24. The number of benzene rings is 2. The number of rotatable bonds is 12. The van der Waals surface area contributed by atoms with Gasteiger partial charge in [0, 0.05) is 38.2 Å². The maximum Gasteiger partial charge on any atom is 0.356 e. The number of carbonyl (C=O) groups is 3. The number of carbonyl (C=O) groups excluding carboxylic acids is 3. The normalized spacial score (nSPS) is 10.8. The minimum Gasteiger partial charge on any atom is -0.464 e. The summed E-state index contributed by atoms with van der Waals surface area (Å²) in [7, 11) is 2.74. The molecule has 0 bridgehead atoms. The number of fused-ring (bicyclic) bond motifs is 1. The van der Waals surface area contributed by atoms with E-state index in [1.165, 1.54) is 26.7 Å². The van der Waals surface area contributed by atoms with Crippen LogP contribution in [0.5, 0.6) is 0 Å². The lowest BCUT2D eigenvalue weighted by Crippen LogP contribution is -2.20. The van der Waals surface area contributed by atoms with Crippen molar-refractivity contribution in [2.45, 2.75) is 32.9 Å². The number of nitrogens with one attached hydrogen (secondary N) is 3. The lowest BCUT2D eigenvalue weighted by molar-refractivity contribution is -0.119. The summed E-state index contributed by atoms with van der Waals surface area (Å²) in [6.45, 7) is 2.30. The highest BCUT2D eigenvalue weighted by Crippen LogP contribution is 2.33. The van der Waals surface area contributed by atoms with Gasteiger partial charge in [-0.05, 0) is 42.2 Å². The Bertz CT molecular complexity index is 1480. The Hall–Kier alpha value is -4.70. The van der Waals surface area contributed by atoms with Crippen LogP contribution in [-0.4, -0.2) is 48.2 Å². The summed E-state index contributed by atoms with van der Waals surface area (Å²) < 4.78 is 11.9. The lowest BCUT2D eigenvalue weighted by Gasteiger charge is -2.11. The monoisotopic (exact) mass is 543 g/mol. The number of nitrogens with zero attached hydrogens (tertiary/aromatic N) is 2. The zero-order valence-electron chi connectivity index (χ0n) is 22.8. The third-order valence-corrected chi connectivity index (χ3v) is 6.28. The van der Waals surface area contributed by atoms with Crippen molar-refractivity contribution in [3.8, 4) is 0 Å². The molecule has 0 fully saturated rings. The summed E-state index contributed by atoms with van der Waals surface area (Å²) in [5, 5.41) is 9.53. The summed E-state index contributed by atoms with van der Waals surface area (Å²) >= 11 is 0. The number of pyridine rings is 1. The van der Waals surface area contributed by atoms with Crippen LogP contribution in [0.2, 0.25) is 0 Å². The van der Waals surface area contributed by atoms with Gasteiger partial charge in [-0.15, -0.1) is 0 Å². The predicted molar refractivity (Wildman–Crippen MR) is 154 cm³/mol. The molecule has 208 valence electrons. The number of methoxy groups -OCH3 is 2. The Morgan fingerprint density at radius 1 is 0.925 bits per heavy atom. The van der Waals surface area contributed by atoms with Gasteiger partial charge in [0.2, 0.25) is 11.8 Å². The highest BCUT2D eigenvalue weighted by molar-refractivity contribution is 6.11. The van der Waals surface area contributed by atoms with Crippen molar-refractivity contribution in [2.75, 3.05) is 36.8 Å². The Kier molecular flexibility index (Phi) is 9.48. The van der Waals surface area contributed by atoms with Crippen LogP contribution in [0, 0.1) is 0 Å². The summed E-state index contributed by atoms with van der Waals surface area (Å²) in [4.78, 5) is 41.5. The highest BCUT2D eigenvalue weighted by atomic mass is 16.5. The predicted octanol–water partition coefficient (Wildman–Crippen LogP) is 4.61. The minimum atomic E-state index is -0.570. The molecule has 0 aliphatic carbocycles. The second-order valence-corrected chi connectivity index (χ2v) is 9.26. The quantitative estimate of drug-likeness (QED) is 0.223. The number of anilines is 3. The van der Waals surface area contributed by atoms with Crippen LogP contribution in [0.3, 0.4) is 0 Å². The number of aromatic nitrogens is 2. The molecule has 0 unspecified atom stereocenters. The third kappa shape index (κ3) is 7.03. The van der Waals surface area contributed by atoms with Crippen molar-refractivity contribution in [3.63, 3.8) is 0 Å². The van der Waals surface area contributed by atoms with Crippen molar-refractivity contribution >= 4 is 45.9 Å². The standard InChI is InChI=1S/C30H33N5O5/c1-20(36)33-23-13-11-22(12-14-23)17-31-24-16-25-27(34-26(37)19-39-2)28(30(38)40-3)35(29(25)32-18-24)15-7-10-21-8-5-4-6-9-21/h4-6,8-9,11-14,16,18,31H,7,10,15,17,19H2,1-3H3,(H,33,36)(H,34,37). The second-order valence-electron chi connectivity index (χ2n) is 9.26. The molecule has 0 atom stereocenters. The van der Waals surface area contributed by atoms with Gasteiger partial charge in [0.1, 0.15) is 12.3 Å². The SMILES string of the molecule is COCC(=O)Nc1c(C(=O)OC)n(CCCc2ccccc2)c2ncc(NCc3ccc(NC(C)=O)cc3)cc12. The topological polar surface area (TPSA) is 124 Å². The number of ether oxygens (including phenoxy) is 2. The van der Waals surface area contributed by atoms with E-state index < -0.39 is 11.9 Å². The van der Waals surface area contributed by atoms with E-state index in [2.05, 4.69) is 33.1 Å². The maximum absolute atomic E-state index is 13.0. The van der Waals surface area contributed by atoms with Crippen LogP contribution in [0.15, 0.2) is 66.9 Å². The second kappa shape index (κ2) is 13.4. The fourth-order valence-electron chi connectivity index (χ4n) is 4.48. The molecule has 10 nitrogen and oxygen atoms in total. The highest BCUT2D eigenvalue weighted by Gasteiger charge is 2.26. The van der Waals surface area contributed by atoms with Crippen LogP contribution in [-0.2, 0) is 38.6 Å². The molecule has 0 aliphatic rings. The van der Waals surface area contributed by atoms with Crippen LogP contribution in [0.1, 0.15) is 35.0 Å². The molecule has 2 heterocycles. The van der Waals surface area contributed by atoms with Crippen molar-refractivity contribution in [3.05, 3.63) is 83.7 Å². The largest absolute Gasteiger partial charge is 0.464 e. The zero-order chi connectivity index (χ0) is 28.5. The minimum absolute atomic E-state index is 0.128. The van der Waals surface area contributed by atoms with Crippen molar-refractivity contribution in [2.24, 2.45) is 0 Å².